The minimum Gasteiger partial charge on any atom is -0.523 e. The van der Waals surface area contributed by atoms with Gasteiger partial charge in [0.05, 0.1) is 0 Å². The molecule has 0 radical (unpaired) electrons. The molecule has 0 bridgehead atoms. The van der Waals surface area contributed by atoms with E-state index in [1.807, 2.05) is 0 Å². The maximum absolute atomic E-state index is 11.0. The van der Waals surface area contributed by atoms with E-state index in [-0.39, 0.29) is 10.5 Å². The Morgan fingerprint density at radius 2 is 1.55 bits per heavy atom. The van der Waals surface area contributed by atoms with Crippen LogP contribution in [0.1, 0.15) is 0 Å². The lowest BCUT2D eigenvalue weighted by atomic mass is 10.5. The van der Waals surface area contributed by atoms with Crippen molar-refractivity contribution in [1.82, 2.24) is 0 Å². The summed E-state index contributed by atoms with van der Waals surface area (Å²) in [5, 5.41) is 0. The molecule has 0 aromatic carbocycles. The Hall–Kier alpha value is -0.433. The van der Waals surface area contributed by atoms with Gasteiger partial charge in [0.15, 0.2) is 0 Å². The highest BCUT2D eigenvalue weighted by Gasteiger charge is 2.40. The summed E-state index contributed by atoms with van der Waals surface area (Å²) in [7, 11) is 4.17. The Morgan fingerprint density at radius 3 is 1.64 bits per heavy atom. The molecule has 6 heteroatoms. The van der Waals surface area contributed by atoms with Gasteiger partial charge in [0.2, 0.25) is 10.5 Å². The quantitative estimate of drug-likeness (QED) is 0.385. The minimum absolute atomic E-state index is 0.278. The highest BCUT2D eigenvalue weighted by molar-refractivity contribution is 6.06. The third kappa shape index (κ3) is 2.00. The first kappa shape index (κ1) is 10.6. The molecule has 0 fully saturated rings. The van der Waals surface area contributed by atoms with Gasteiger partial charge in [-0.25, -0.2) is 4.79 Å². The van der Waals surface area contributed by atoms with Crippen molar-refractivity contribution in [2.45, 2.75) is 5.97 Å². The van der Waals surface area contributed by atoms with Gasteiger partial charge in [-0.05, 0) is 0 Å². The van der Waals surface area contributed by atoms with Crippen molar-refractivity contribution in [1.29, 1.82) is 0 Å². The van der Waals surface area contributed by atoms with Crippen LogP contribution in [0, 0.1) is 0 Å². The first-order valence-electron chi connectivity index (χ1n) is 2.90. The zero-order valence-corrected chi connectivity index (χ0v) is 9.04. The smallest absolute Gasteiger partial charge is 0.385 e. The number of carbonyl (C=O) groups excluding carboxylic acids is 1. The summed E-state index contributed by atoms with van der Waals surface area (Å²) in [6.07, 6.45) is 0. The van der Waals surface area contributed by atoms with Gasteiger partial charge in [-0.1, -0.05) is 0 Å². The molecule has 0 aromatic rings. The monoisotopic (exact) mass is 180 g/mol. The molecule has 66 valence electrons. The van der Waals surface area contributed by atoms with Gasteiger partial charge in [0, 0.05) is 21.3 Å². The standard InChI is InChI=1S/C5H12O5Si/c1-7-5(8-2,9-3)4(6)10-11/h1-3,11H3. The fourth-order valence-electron chi connectivity index (χ4n) is 0.625. The summed E-state index contributed by atoms with van der Waals surface area (Å²) in [6.45, 7) is 0. The van der Waals surface area contributed by atoms with Crippen molar-refractivity contribution in [3.63, 3.8) is 0 Å². The third-order valence-corrected chi connectivity index (χ3v) is 1.61. The van der Waals surface area contributed by atoms with Crippen LogP contribution < -0.4 is 0 Å². The molecule has 0 aromatic heterocycles. The van der Waals surface area contributed by atoms with Crippen LogP contribution in [-0.4, -0.2) is 43.8 Å². The van der Waals surface area contributed by atoms with Gasteiger partial charge >= 0.3 is 11.9 Å². The highest BCUT2D eigenvalue weighted by atomic mass is 28.2. The van der Waals surface area contributed by atoms with E-state index in [0.717, 1.165) is 0 Å². The fourth-order valence-corrected chi connectivity index (χ4v) is 0.875. The van der Waals surface area contributed by atoms with Crippen molar-refractivity contribution in [3.05, 3.63) is 0 Å². The van der Waals surface area contributed by atoms with Crippen molar-refractivity contribution in [3.8, 4) is 0 Å². The van der Waals surface area contributed by atoms with E-state index >= 15 is 0 Å². The lowest BCUT2D eigenvalue weighted by Crippen LogP contribution is -2.45. The molecular weight excluding hydrogens is 168 g/mol. The van der Waals surface area contributed by atoms with Crippen molar-refractivity contribution in [2.24, 2.45) is 0 Å². The van der Waals surface area contributed by atoms with Gasteiger partial charge in [-0.3, -0.25) is 0 Å². The SMILES string of the molecule is COC(OC)(OC)C(=O)O[SiH3]. The van der Waals surface area contributed by atoms with Crippen molar-refractivity contribution < 1.29 is 23.4 Å². The van der Waals surface area contributed by atoms with Crippen LogP contribution in [0.25, 0.3) is 0 Å². The molecule has 0 saturated heterocycles. The molecule has 0 N–H and O–H groups in total. The molecule has 0 amide bonds. The molecule has 0 rings (SSSR count). The molecule has 0 aliphatic heterocycles. The second-order valence-corrected chi connectivity index (χ2v) is 2.07. The van der Waals surface area contributed by atoms with Crippen molar-refractivity contribution >= 4 is 16.5 Å². The molecule has 11 heavy (non-hydrogen) atoms. The lowest BCUT2D eigenvalue weighted by molar-refractivity contribution is -0.334. The lowest BCUT2D eigenvalue weighted by Gasteiger charge is -2.25. The molecule has 5 nitrogen and oxygen atoms in total. The normalized spacial score (nSPS) is 11.5. The van der Waals surface area contributed by atoms with E-state index in [4.69, 9.17) is 14.2 Å². The van der Waals surface area contributed by atoms with Crippen LogP contribution in [0.2, 0.25) is 0 Å². The van der Waals surface area contributed by atoms with E-state index < -0.39 is 11.9 Å². The topological polar surface area (TPSA) is 54.0 Å². The first-order valence-corrected chi connectivity index (χ1v) is 3.72. The molecule has 0 saturated carbocycles. The third-order valence-electron chi connectivity index (χ3n) is 1.24. The number of methoxy groups -OCH3 is 3. The Labute approximate surface area is 68.1 Å². The average molecular weight is 180 g/mol. The average Bonchev–Trinajstić information content (AvgIpc) is 2.08. The number of rotatable bonds is 4. The molecule has 0 aliphatic carbocycles. The largest absolute Gasteiger partial charge is 0.523 e. The Morgan fingerprint density at radius 1 is 1.18 bits per heavy atom. The molecular formula is C5H12O5Si. The van der Waals surface area contributed by atoms with Gasteiger partial charge in [0.1, 0.15) is 0 Å². The Kier molecular flexibility index (Phi) is 4.27. The molecule has 0 heterocycles. The van der Waals surface area contributed by atoms with Gasteiger partial charge < -0.3 is 18.6 Å². The number of hydrogen-bond acceptors (Lipinski definition) is 5. The fraction of sp³-hybridized carbons (Fsp3) is 0.800. The summed E-state index contributed by atoms with van der Waals surface area (Å²) in [5.41, 5.74) is 0. The molecule has 0 unspecified atom stereocenters. The predicted molar refractivity (Wildman–Crippen MR) is 39.8 cm³/mol. The van der Waals surface area contributed by atoms with E-state index in [0.29, 0.717) is 0 Å². The maximum atomic E-state index is 11.0. The Balaban J connectivity index is 4.39. The molecule has 0 aliphatic rings. The summed E-state index contributed by atoms with van der Waals surface area (Å²) in [4.78, 5) is 11.0. The van der Waals surface area contributed by atoms with Crippen LogP contribution in [0.3, 0.4) is 0 Å². The van der Waals surface area contributed by atoms with Crippen LogP contribution in [0.4, 0.5) is 0 Å². The van der Waals surface area contributed by atoms with E-state index in [1.54, 1.807) is 0 Å². The highest BCUT2D eigenvalue weighted by Crippen LogP contribution is 2.12. The molecule has 0 atom stereocenters. The maximum Gasteiger partial charge on any atom is 0.385 e. The summed E-state index contributed by atoms with van der Waals surface area (Å²) < 4.78 is 18.6. The zero-order chi connectivity index (χ0) is 8.91. The second kappa shape index (κ2) is 4.45. The van der Waals surface area contributed by atoms with Gasteiger partial charge in [0.25, 0.3) is 0 Å². The van der Waals surface area contributed by atoms with Gasteiger partial charge in [-0.15, -0.1) is 0 Å². The van der Waals surface area contributed by atoms with E-state index in [1.165, 1.54) is 21.3 Å². The number of ether oxygens (including phenoxy) is 3. The van der Waals surface area contributed by atoms with E-state index in [9.17, 15) is 4.79 Å². The van der Waals surface area contributed by atoms with Crippen LogP contribution in [0.15, 0.2) is 0 Å². The zero-order valence-electron chi connectivity index (χ0n) is 7.04. The van der Waals surface area contributed by atoms with Crippen LogP contribution in [-0.2, 0) is 23.4 Å². The molecule has 0 spiro atoms. The Bertz CT molecular complexity index is 125. The van der Waals surface area contributed by atoms with Gasteiger partial charge in [-0.2, -0.15) is 0 Å². The van der Waals surface area contributed by atoms with Crippen LogP contribution >= 0.6 is 0 Å². The van der Waals surface area contributed by atoms with E-state index in [2.05, 4.69) is 4.43 Å². The summed E-state index contributed by atoms with van der Waals surface area (Å²) in [6, 6.07) is 0. The van der Waals surface area contributed by atoms with Crippen molar-refractivity contribution in [2.75, 3.05) is 21.3 Å². The minimum atomic E-state index is -1.69. The number of hydrogen-bond donors (Lipinski definition) is 0. The predicted octanol–water partition coefficient (Wildman–Crippen LogP) is -1.60. The van der Waals surface area contributed by atoms with Crippen LogP contribution in [0.5, 0.6) is 0 Å². The first-order chi connectivity index (χ1) is 5.16. The summed E-state index contributed by atoms with van der Waals surface area (Å²) >= 11 is 0. The second-order valence-electron chi connectivity index (χ2n) is 1.66. The number of carbonyl (C=O) groups is 1. The summed E-state index contributed by atoms with van der Waals surface area (Å²) in [5.74, 6) is -2.36.